The highest BCUT2D eigenvalue weighted by Gasteiger charge is 2.12. The first-order valence-corrected chi connectivity index (χ1v) is 6.91. The largest absolute Gasteiger partial charge is 0.391 e. The van der Waals surface area contributed by atoms with Gasteiger partial charge in [-0.3, -0.25) is 4.55 Å². The second kappa shape index (κ2) is 6.84. The van der Waals surface area contributed by atoms with Crippen LogP contribution in [0.5, 0.6) is 0 Å². The van der Waals surface area contributed by atoms with Crippen LogP contribution < -0.4 is 0 Å². The first-order chi connectivity index (χ1) is 8.07. The van der Waals surface area contributed by atoms with Gasteiger partial charge < -0.3 is 10.2 Å². The SMILES string of the molecule is CC(O)C(C)O.Cc1cccc(S(=O)(=O)O)c1C. The zero-order valence-electron chi connectivity index (χ0n) is 11.0. The highest BCUT2D eigenvalue weighted by atomic mass is 32.2. The summed E-state index contributed by atoms with van der Waals surface area (Å²) in [6, 6.07) is 4.78. The summed E-state index contributed by atoms with van der Waals surface area (Å²) < 4.78 is 30.3. The molecule has 0 fully saturated rings. The van der Waals surface area contributed by atoms with Crippen LogP contribution in [0.3, 0.4) is 0 Å². The minimum absolute atomic E-state index is 0.0116. The van der Waals surface area contributed by atoms with E-state index in [1.165, 1.54) is 6.07 Å². The van der Waals surface area contributed by atoms with Gasteiger partial charge in [-0.1, -0.05) is 12.1 Å². The maximum Gasteiger partial charge on any atom is 0.294 e. The summed E-state index contributed by atoms with van der Waals surface area (Å²) >= 11 is 0. The molecule has 3 N–H and O–H groups in total. The third kappa shape index (κ3) is 5.59. The summed E-state index contributed by atoms with van der Waals surface area (Å²) in [6.45, 7) is 6.55. The van der Waals surface area contributed by atoms with Crippen LogP contribution in [0, 0.1) is 13.8 Å². The van der Waals surface area contributed by atoms with Crippen molar-refractivity contribution < 1.29 is 23.2 Å². The molecule has 0 aliphatic heterocycles. The lowest BCUT2D eigenvalue weighted by Crippen LogP contribution is -2.17. The van der Waals surface area contributed by atoms with Crippen LogP contribution in [0.15, 0.2) is 23.1 Å². The third-order valence-corrected chi connectivity index (χ3v) is 3.53. The summed E-state index contributed by atoms with van der Waals surface area (Å²) in [6.07, 6.45) is -1.19. The summed E-state index contributed by atoms with van der Waals surface area (Å²) in [4.78, 5) is -0.0116. The minimum atomic E-state index is -4.06. The van der Waals surface area contributed by atoms with Gasteiger partial charge in [-0.2, -0.15) is 8.42 Å². The molecule has 0 spiro atoms. The lowest BCUT2D eigenvalue weighted by Gasteiger charge is -2.03. The number of aliphatic hydroxyl groups excluding tert-OH is 2. The van der Waals surface area contributed by atoms with E-state index in [1.807, 2.05) is 0 Å². The first kappa shape index (κ1) is 17.1. The van der Waals surface area contributed by atoms with Gasteiger partial charge in [-0.05, 0) is 44.9 Å². The molecule has 0 aliphatic rings. The fraction of sp³-hybridized carbons (Fsp3) is 0.500. The number of aryl methyl sites for hydroxylation is 1. The second-order valence-corrected chi connectivity index (χ2v) is 5.54. The molecule has 104 valence electrons. The van der Waals surface area contributed by atoms with Crippen LogP contribution in [0.2, 0.25) is 0 Å². The van der Waals surface area contributed by atoms with E-state index in [2.05, 4.69) is 0 Å². The fourth-order valence-corrected chi connectivity index (χ4v) is 1.80. The van der Waals surface area contributed by atoms with Crippen molar-refractivity contribution in [1.82, 2.24) is 0 Å². The average Bonchev–Trinajstić information content (AvgIpc) is 2.21. The summed E-state index contributed by atoms with van der Waals surface area (Å²) in [7, 11) is -4.06. The summed E-state index contributed by atoms with van der Waals surface area (Å²) in [5, 5.41) is 16.8. The van der Waals surface area contributed by atoms with E-state index >= 15 is 0 Å². The van der Waals surface area contributed by atoms with Gasteiger partial charge in [-0.25, -0.2) is 0 Å². The Labute approximate surface area is 108 Å². The zero-order chi connectivity index (χ0) is 14.5. The molecule has 0 heterocycles. The molecule has 5 nitrogen and oxygen atoms in total. The third-order valence-electron chi connectivity index (χ3n) is 2.53. The molecular formula is C12H20O5S. The predicted octanol–water partition coefficient (Wildman–Crippen LogP) is 1.30. The van der Waals surface area contributed by atoms with Gasteiger partial charge in [0.25, 0.3) is 10.1 Å². The van der Waals surface area contributed by atoms with E-state index in [0.29, 0.717) is 5.56 Å². The Hall–Kier alpha value is -0.950. The maximum absolute atomic E-state index is 10.8. The number of hydrogen-bond acceptors (Lipinski definition) is 4. The molecule has 6 heteroatoms. The van der Waals surface area contributed by atoms with Gasteiger partial charge in [0.15, 0.2) is 0 Å². The van der Waals surface area contributed by atoms with Crippen LogP contribution in [0.25, 0.3) is 0 Å². The monoisotopic (exact) mass is 276 g/mol. The molecule has 0 amide bonds. The lowest BCUT2D eigenvalue weighted by atomic mass is 10.1. The molecule has 0 radical (unpaired) electrons. The molecule has 1 rings (SSSR count). The van der Waals surface area contributed by atoms with Crippen molar-refractivity contribution in [2.24, 2.45) is 0 Å². The zero-order valence-corrected chi connectivity index (χ0v) is 11.8. The number of hydrogen-bond donors (Lipinski definition) is 3. The van der Waals surface area contributed by atoms with Crippen molar-refractivity contribution in [1.29, 1.82) is 0 Å². The van der Waals surface area contributed by atoms with E-state index in [-0.39, 0.29) is 4.90 Å². The van der Waals surface area contributed by atoms with Crippen molar-refractivity contribution in [3.63, 3.8) is 0 Å². The Kier molecular flexibility index (Phi) is 6.48. The Bertz CT molecular complexity index is 471. The van der Waals surface area contributed by atoms with Crippen molar-refractivity contribution in [2.75, 3.05) is 0 Å². The Morgan fingerprint density at radius 1 is 1.06 bits per heavy atom. The van der Waals surface area contributed by atoms with E-state index in [9.17, 15) is 8.42 Å². The van der Waals surface area contributed by atoms with Gasteiger partial charge >= 0.3 is 0 Å². The fourth-order valence-electron chi connectivity index (χ4n) is 1.00. The standard InChI is InChI=1S/C8H10O3S.C4H10O2/c1-6-4-3-5-8(7(6)2)12(9,10)11;1-3(5)4(2)6/h3-5H,1-2H3,(H,9,10,11);3-6H,1-2H3. The van der Waals surface area contributed by atoms with Gasteiger partial charge in [0.1, 0.15) is 0 Å². The molecule has 1 aromatic carbocycles. The average molecular weight is 276 g/mol. The molecule has 0 saturated carbocycles. The highest BCUT2D eigenvalue weighted by Crippen LogP contribution is 2.17. The Balaban J connectivity index is 0.000000411. The van der Waals surface area contributed by atoms with Gasteiger partial charge in [0.05, 0.1) is 17.1 Å². The van der Waals surface area contributed by atoms with E-state index in [0.717, 1.165) is 5.56 Å². The molecule has 0 saturated heterocycles. The molecule has 0 aromatic heterocycles. The van der Waals surface area contributed by atoms with Crippen molar-refractivity contribution in [3.8, 4) is 0 Å². The molecular weight excluding hydrogens is 256 g/mol. The predicted molar refractivity (Wildman–Crippen MR) is 69.1 cm³/mol. The number of aliphatic hydroxyl groups is 2. The normalized spacial score (nSPS) is 14.4. The Morgan fingerprint density at radius 3 is 1.78 bits per heavy atom. The Morgan fingerprint density at radius 2 is 1.50 bits per heavy atom. The topological polar surface area (TPSA) is 94.8 Å². The van der Waals surface area contributed by atoms with Crippen molar-refractivity contribution in [3.05, 3.63) is 29.3 Å². The maximum atomic E-state index is 10.8. The number of benzene rings is 1. The smallest absolute Gasteiger partial charge is 0.294 e. The number of rotatable bonds is 2. The van der Waals surface area contributed by atoms with Crippen LogP contribution in [-0.4, -0.2) is 35.4 Å². The van der Waals surface area contributed by atoms with E-state index in [4.69, 9.17) is 14.8 Å². The van der Waals surface area contributed by atoms with Crippen LogP contribution in [-0.2, 0) is 10.1 Å². The molecule has 2 unspecified atom stereocenters. The molecule has 18 heavy (non-hydrogen) atoms. The molecule has 0 bridgehead atoms. The molecule has 0 aliphatic carbocycles. The van der Waals surface area contributed by atoms with Crippen LogP contribution >= 0.6 is 0 Å². The van der Waals surface area contributed by atoms with Gasteiger partial charge in [-0.15, -0.1) is 0 Å². The van der Waals surface area contributed by atoms with Crippen LogP contribution in [0.4, 0.5) is 0 Å². The second-order valence-electron chi connectivity index (χ2n) is 4.15. The quantitative estimate of drug-likeness (QED) is 0.708. The molecule has 1 aromatic rings. The summed E-state index contributed by atoms with van der Waals surface area (Å²) in [5.41, 5.74) is 1.45. The highest BCUT2D eigenvalue weighted by molar-refractivity contribution is 7.85. The van der Waals surface area contributed by atoms with Crippen LogP contribution in [0.1, 0.15) is 25.0 Å². The first-order valence-electron chi connectivity index (χ1n) is 5.47. The van der Waals surface area contributed by atoms with Crippen molar-refractivity contribution in [2.45, 2.75) is 44.8 Å². The lowest BCUT2D eigenvalue weighted by molar-refractivity contribution is 0.0438. The van der Waals surface area contributed by atoms with Gasteiger partial charge in [0.2, 0.25) is 0 Å². The minimum Gasteiger partial charge on any atom is -0.391 e. The van der Waals surface area contributed by atoms with Crippen molar-refractivity contribution >= 4 is 10.1 Å². The summed E-state index contributed by atoms with van der Waals surface area (Å²) in [5.74, 6) is 0. The van der Waals surface area contributed by atoms with E-state index < -0.39 is 22.3 Å². The van der Waals surface area contributed by atoms with E-state index in [1.54, 1.807) is 39.8 Å². The molecule has 2 atom stereocenters. The van der Waals surface area contributed by atoms with Gasteiger partial charge in [0, 0.05) is 0 Å².